The van der Waals surface area contributed by atoms with E-state index in [1.54, 1.807) is 18.2 Å². The quantitative estimate of drug-likeness (QED) is 0.184. The maximum Gasteiger partial charge on any atom is 0.282 e. The molecular formula is C28H33Cl3N3O6S2+. The van der Waals surface area contributed by atoms with Crippen LogP contribution in [0.25, 0.3) is 17.1 Å². The number of allylic oxidation sites excluding steroid dienone is 3. The largest absolute Gasteiger partial charge is 0.344 e. The lowest BCUT2D eigenvalue weighted by molar-refractivity contribution is -0.673. The number of aryl methyl sites for hydroxylation is 2. The van der Waals surface area contributed by atoms with Gasteiger partial charge < -0.3 is 4.90 Å². The van der Waals surface area contributed by atoms with Crippen LogP contribution in [0.2, 0.25) is 15.1 Å². The molecule has 1 aromatic heterocycles. The van der Waals surface area contributed by atoms with E-state index in [1.807, 2.05) is 51.3 Å². The Morgan fingerprint density at radius 2 is 1.60 bits per heavy atom. The molecule has 14 heteroatoms. The van der Waals surface area contributed by atoms with Gasteiger partial charge in [0, 0.05) is 53.0 Å². The summed E-state index contributed by atoms with van der Waals surface area (Å²) in [4.78, 5) is 2.04. The number of fused-ring (bicyclic) bond motifs is 2. The first-order valence-corrected chi connectivity index (χ1v) is 17.7. The van der Waals surface area contributed by atoms with Crippen LogP contribution in [0.4, 0.5) is 5.69 Å². The lowest BCUT2D eigenvalue weighted by atomic mass is 9.83. The second kappa shape index (κ2) is 12.5. The summed E-state index contributed by atoms with van der Waals surface area (Å²) in [6.45, 7) is 7.36. The van der Waals surface area contributed by atoms with Crippen molar-refractivity contribution in [1.82, 2.24) is 4.57 Å². The molecule has 1 aliphatic rings. The minimum Gasteiger partial charge on any atom is -0.344 e. The molecule has 0 saturated carbocycles. The van der Waals surface area contributed by atoms with Crippen LogP contribution in [-0.4, -0.2) is 48.6 Å². The molecule has 2 N–H and O–H groups in total. The molecule has 4 rings (SSSR count). The second-order valence-corrected chi connectivity index (χ2v) is 15.0. The molecule has 0 saturated heterocycles. The van der Waals surface area contributed by atoms with Crippen LogP contribution in [0.5, 0.6) is 0 Å². The van der Waals surface area contributed by atoms with Crippen LogP contribution in [0.1, 0.15) is 45.0 Å². The maximum atomic E-state index is 11.4. The number of hydrogen-bond acceptors (Lipinski definition) is 5. The second-order valence-electron chi connectivity index (χ2n) is 10.6. The van der Waals surface area contributed by atoms with Crippen LogP contribution in [0.15, 0.2) is 48.2 Å². The van der Waals surface area contributed by atoms with Gasteiger partial charge in [0.15, 0.2) is 11.0 Å². The van der Waals surface area contributed by atoms with Crippen molar-refractivity contribution in [3.63, 3.8) is 0 Å². The van der Waals surface area contributed by atoms with E-state index < -0.39 is 25.7 Å². The van der Waals surface area contributed by atoms with E-state index in [-0.39, 0.29) is 24.3 Å². The smallest absolute Gasteiger partial charge is 0.282 e. The summed E-state index contributed by atoms with van der Waals surface area (Å²) in [5, 5.41) is 1.35. The zero-order valence-corrected chi connectivity index (χ0v) is 27.3. The van der Waals surface area contributed by atoms with Gasteiger partial charge in [0.2, 0.25) is 0 Å². The predicted molar refractivity (Wildman–Crippen MR) is 169 cm³/mol. The fourth-order valence-electron chi connectivity index (χ4n) is 5.52. The number of anilines is 1. The van der Waals surface area contributed by atoms with Crippen molar-refractivity contribution in [3.05, 3.63) is 74.6 Å². The van der Waals surface area contributed by atoms with Gasteiger partial charge in [0.05, 0.1) is 34.6 Å². The number of halogens is 3. The molecule has 0 aliphatic carbocycles. The van der Waals surface area contributed by atoms with E-state index in [1.165, 1.54) is 0 Å². The monoisotopic (exact) mass is 676 g/mol. The van der Waals surface area contributed by atoms with Crippen LogP contribution < -0.4 is 9.47 Å². The molecule has 42 heavy (non-hydrogen) atoms. The molecule has 0 radical (unpaired) electrons. The van der Waals surface area contributed by atoms with E-state index in [9.17, 15) is 25.9 Å². The first-order chi connectivity index (χ1) is 19.5. The summed E-state index contributed by atoms with van der Waals surface area (Å²) < 4.78 is 68.1. The third-order valence-electron chi connectivity index (χ3n) is 7.39. The van der Waals surface area contributed by atoms with Gasteiger partial charge in [-0.15, -0.1) is 0 Å². The van der Waals surface area contributed by atoms with Crippen molar-refractivity contribution in [3.8, 4) is 0 Å². The predicted octanol–water partition coefficient (Wildman–Crippen LogP) is 6.16. The van der Waals surface area contributed by atoms with Crippen LogP contribution in [0, 0.1) is 0 Å². The van der Waals surface area contributed by atoms with E-state index in [4.69, 9.17) is 34.8 Å². The van der Waals surface area contributed by atoms with Gasteiger partial charge in [-0.05, 0) is 43.2 Å². The summed E-state index contributed by atoms with van der Waals surface area (Å²) >= 11 is 19.0. The summed E-state index contributed by atoms with van der Waals surface area (Å²) in [5.74, 6) is 0.0227. The highest BCUT2D eigenvalue weighted by Crippen LogP contribution is 2.48. The molecule has 0 bridgehead atoms. The van der Waals surface area contributed by atoms with Crippen LogP contribution in [0.3, 0.4) is 0 Å². The number of hydrogen-bond donors (Lipinski definition) is 2. The molecule has 9 nitrogen and oxygen atoms in total. The van der Waals surface area contributed by atoms with Gasteiger partial charge in [0.1, 0.15) is 0 Å². The van der Waals surface area contributed by atoms with Gasteiger partial charge in [0.25, 0.3) is 26.1 Å². The van der Waals surface area contributed by atoms with Gasteiger partial charge in [-0.2, -0.15) is 16.8 Å². The fraction of sp³-hybridized carbons (Fsp3) is 0.393. The zero-order chi connectivity index (χ0) is 31.0. The molecule has 228 valence electrons. The lowest BCUT2D eigenvalue weighted by Crippen LogP contribution is -2.37. The Labute approximate surface area is 261 Å². The average Bonchev–Trinajstić information content (AvgIpc) is 3.25. The van der Waals surface area contributed by atoms with Crippen molar-refractivity contribution in [2.24, 2.45) is 0 Å². The molecule has 0 unspecified atom stereocenters. The first-order valence-electron chi connectivity index (χ1n) is 13.3. The Bertz CT molecular complexity index is 1800. The Morgan fingerprint density at radius 1 is 0.952 bits per heavy atom. The topological polar surface area (TPSA) is 121 Å². The van der Waals surface area contributed by atoms with Crippen molar-refractivity contribution >= 4 is 77.8 Å². The average molecular weight is 678 g/mol. The SMILES string of the molecule is CCn1c(C=CC=C2N(CCCS(=O)(=O)O)c3ccc(Cl)cc3C2(C)C)[n+](CCCS(=O)(=O)O)c2cc(Cl)c(Cl)cc21. The van der Waals surface area contributed by atoms with Crippen molar-refractivity contribution in [2.75, 3.05) is 23.0 Å². The first kappa shape index (κ1) is 32.8. The van der Waals surface area contributed by atoms with Gasteiger partial charge in [-0.1, -0.05) is 54.7 Å². The number of rotatable bonds is 11. The lowest BCUT2D eigenvalue weighted by Gasteiger charge is -2.26. The maximum absolute atomic E-state index is 11.4. The molecule has 0 spiro atoms. The highest BCUT2D eigenvalue weighted by molar-refractivity contribution is 7.86. The van der Waals surface area contributed by atoms with Gasteiger partial charge >= 0.3 is 0 Å². The summed E-state index contributed by atoms with van der Waals surface area (Å²) in [6.07, 6.45) is 6.16. The van der Waals surface area contributed by atoms with Crippen molar-refractivity contribution in [1.29, 1.82) is 0 Å². The normalized spacial score (nSPS) is 16.3. The highest BCUT2D eigenvalue weighted by atomic mass is 35.5. The number of benzene rings is 2. The number of imidazole rings is 1. The molecule has 2 aromatic carbocycles. The molecule has 0 amide bonds. The van der Waals surface area contributed by atoms with Crippen LogP contribution >= 0.6 is 34.8 Å². The standard InChI is InChI=1S/C28H32Cl3N3O6S2/c1-4-32-24-17-21(30)22(31)18-25(24)34(13-7-15-42(38,39)40)27(32)9-5-8-26-28(2,3)20-16-19(29)10-11-23(20)33(26)12-6-14-41(35,36)37/h5,8-11,16-18H,4,6-7,12-15H2,1-3H3,(H-,35,36,37,38,39,40)/p+1. The molecular weight excluding hydrogens is 645 g/mol. The minimum atomic E-state index is -4.13. The van der Waals surface area contributed by atoms with E-state index in [2.05, 4.69) is 13.8 Å². The Morgan fingerprint density at radius 3 is 2.24 bits per heavy atom. The van der Waals surface area contributed by atoms with Gasteiger partial charge in [-0.3, -0.25) is 9.11 Å². The van der Waals surface area contributed by atoms with Crippen LogP contribution in [-0.2, 0) is 38.7 Å². The minimum absolute atomic E-state index is 0.180. The zero-order valence-electron chi connectivity index (χ0n) is 23.4. The molecule has 0 atom stereocenters. The number of aromatic nitrogens is 2. The Kier molecular flexibility index (Phi) is 9.74. The molecule has 1 aliphatic heterocycles. The summed E-state index contributed by atoms with van der Waals surface area (Å²) in [7, 11) is -8.24. The summed E-state index contributed by atoms with van der Waals surface area (Å²) in [5.41, 5.74) is 3.94. The Hall–Kier alpha value is -2.12. The van der Waals surface area contributed by atoms with E-state index in [0.717, 1.165) is 33.8 Å². The molecule has 2 heterocycles. The molecule has 0 fully saturated rings. The van der Waals surface area contributed by atoms with Crippen molar-refractivity contribution < 1.29 is 30.5 Å². The third kappa shape index (κ3) is 7.15. The highest BCUT2D eigenvalue weighted by Gasteiger charge is 2.40. The van der Waals surface area contributed by atoms with E-state index in [0.29, 0.717) is 34.7 Å². The van der Waals surface area contributed by atoms with Gasteiger partial charge in [-0.25, -0.2) is 9.13 Å². The van der Waals surface area contributed by atoms with Crippen molar-refractivity contribution in [2.45, 2.75) is 52.1 Å². The Balaban J connectivity index is 1.79. The third-order valence-corrected chi connectivity index (χ3v) is 9.96. The molecule has 3 aromatic rings. The fourth-order valence-corrected chi connectivity index (χ4v) is 7.00. The van der Waals surface area contributed by atoms with E-state index >= 15 is 0 Å². The summed E-state index contributed by atoms with van der Waals surface area (Å²) in [6, 6.07) is 9.11. The number of nitrogens with zero attached hydrogens (tertiary/aromatic N) is 3.